The molecular formula is C19H19Cl2N3O5. The maximum atomic E-state index is 11.5. The third-order valence-electron chi connectivity index (χ3n) is 4.11. The molecule has 10 heteroatoms. The molecule has 1 atom stereocenters. The van der Waals surface area contributed by atoms with Gasteiger partial charge in [0.15, 0.2) is 0 Å². The Bertz CT molecular complexity index is 932. The molecule has 154 valence electrons. The van der Waals surface area contributed by atoms with E-state index in [4.69, 9.17) is 43.3 Å². The SMILES string of the molecule is COc1ccc(C(O)(Cc2ccc(Cl)c(Cl)c2)Cn2ccnc2)cc1.O=[N+]([O-])O. The lowest BCUT2D eigenvalue weighted by atomic mass is 9.87. The van der Waals surface area contributed by atoms with Gasteiger partial charge in [-0.1, -0.05) is 41.4 Å². The highest BCUT2D eigenvalue weighted by molar-refractivity contribution is 6.42. The van der Waals surface area contributed by atoms with E-state index in [1.54, 1.807) is 31.8 Å². The Kier molecular flexibility index (Phi) is 7.83. The number of rotatable bonds is 6. The van der Waals surface area contributed by atoms with Crippen molar-refractivity contribution in [2.45, 2.75) is 18.6 Å². The second-order valence-electron chi connectivity index (χ2n) is 6.16. The van der Waals surface area contributed by atoms with Crippen LogP contribution < -0.4 is 4.74 Å². The predicted molar refractivity (Wildman–Crippen MR) is 108 cm³/mol. The summed E-state index contributed by atoms with van der Waals surface area (Å²) in [6.07, 6.45) is 5.58. The lowest BCUT2D eigenvalue weighted by Crippen LogP contribution is -2.33. The van der Waals surface area contributed by atoms with Crippen molar-refractivity contribution in [3.05, 3.63) is 92.5 Å². The molecule has 0 saturated heterocycles. The summed E-state index contributed by atoms with van der Waals surface area (Å²) in [6.45, 7) is 0.361. The lowest BCUT2D eigenvalue weighted by Gasteiger charge is -2.29. The van der Waals surface area contributed by atoms with E-state index in [9.17, 15) is 5.11 Å². The number of imidazole rings is 1. The van der Waals surface area contributed by atoms with Gasteiger partial charge in [-0.05, 0) is 35.4 Å². The summed E-state index contributed by atoms with van der Waals surface area (Å²) in [6, 6.07) is 12.8. The standard InChI is InChI=1S/C19H18Cl2N2O2.HNO3/c1-25-16-5-3-15(4-6-16)19(24,12-23-9-8-22-13-23)11-14-2-7-17(20)18(21)10-14;2-1(3)4/h2-10,13,24H,11-12H2,1H3;(H,2,3,4). The van der Waals surface area contributed by atoms with Gasteiger partial charge in [0.1, 0.15) is 11.4 Å². The molecule has 2 N–H and O–H groups in total. The van der Waals surface area contributed by atoms with Crippen LogP contribution in [0.1, 0.15) is 11.1 Å². The monoisotopic (exact) mass is 439 g/mol. The highest BCUT2D eigenvalue weighted by Crippen LogP contribution is 2.31. The van der Waals surface area contributed by atoms with Gasteiger partial charge in [-0.2, -0.15) is 0 Å². The minimum absolute atomic E-state index is 0.361. The Labute approximate surface area is 177 Å². The van der Waals surface area contributed by atoms with Gasteiger partial charge in [-0.25, -0.2) is 4.98 Å². The van der Waals surface area contributed by atoms with Crippen LogP contribution in [0.4, 0.5) is 0 Å². The Hall–Kier alpha value is -2.81. The van der Waals surface area contributed by atoms with E-state index >= 15 is 0 Å². The van der Waals surface area contributed by atoms with Crippen molar-refractivity contribution in [1.82, 2.24) is 9.55 Å². The van der Waals surface area contributed by atoms with Crippen LogP contribution in [0.5, 0.6) is 5.75 Å². The lowest BCUT2D eigenvalue weighted by molar-refractivity contribution is -0.742. The zero-order valence-electron chi connectivity index (χ0n) is 15.4. The molecule has 8 nitrogen and oxygen atoms in total. The van der Waals surface area contributed by atoms with E-state index in [-0.39, 0.29) is 0 Å². The summed E-state index contributed by atoms with van der Waals surface area (Å²) in [5, 5.41) is 26.1. The van der Waals surface area contributed by atoms with Gasteiger partial charge in [0.25, 0.3) is 5.09 Å². The molecule has 0 saturated carbocycles. The molecule has 1 unspecified atom stereocenters. The van der Waals surface area contributed by atoms with Crippen LogP contribution in [-0.4, -0.2) is 32.1 Å². The van der Waals surface area contributed by atoms with Crippen LogP contribution in [0, 0.1) is 10.1 Å². The van der Waals surface area contributed by atoms with Gasteiger partial charge in [0, 0.05) is 18.8 Å². The molecule has 0 fully saturated rings. The Balaban J connectivity index is 0.000000687. The molecule has 1 heterocycles. The number of benzene rings is 2. The van der Waals surface area contributed by atoms with Crippen LogP contribution >= 0.6 is 23.2 Å². The van der Waals surface area contributed by atoms with E-state index in [0.717, 1.165) is 16.9 Å². The molecule has 2 aromatic carbocycles. The Morgan fingerprint density at radius 2 is 1.86 bits per heavy atom. The van der Waals surface area contributed by atoms with Gasteiger partial charge in [-0.15, -0.1) is 10.1 Å². The Morgan fingerprint density at radius 3 is 2.38 bits per heavy atom. The van der Waals surface area contributed by atoms with Gasteiger partial charge < -0.3 is 19.6 Å². The molecule has 3 rings (SSSR count). The Morgan fingerprint density at radius 1 is 1.21 bits per heavy atom. The number of aromatic nitrogens is 2. The average Bonchev–Trinajstić information content (AvgIpc) is 3.17. The zero-order valence-corrected chi connectivity index (χ0v) is 16.9. The van der Waals surface area contributed by atoms with Crippen molar-refractivity contribution in [2.75, 3.05) is 7.11 Å². The summed E-state index contributed by atoms with van der Waals surface area (Å²) in [4.78, 5) is 12.4. The first-order chi connectivity index (χ1) is 13.7. The van der Waals surface area contributed by atoms with Gasteiger partial charge in [0.05, 0.1) is 30.0 Å². The summed E-state index contributed by atoms with van der Waals surface area (Å²) < 4.78 is 7.05. The molecule has 0 bridgehead atoms. The smallest absolute Gasteiger partial charge is 0.291 e. The van der Waals surface area contributed by atoms with Crippen molar-refractivity contribution < 1.29 is 20.1 Å². The number of nitrogens with zero attached hydrogens (tertiary/aromatic N) is 3. The van der Waals surface area contributed by atoms with Crippen LogP contribution in [0.2, 0.25) is 10.0 Å². The molecule has 0 spiro atoms. The maximum absolute atomic E-state index is 11.5. The van der Waals surface area contributed by atoms with Crippen molar-refractivity contribution >= 4 is 23.2 Å². The third-order valence-corrected chi connectivity index (χ3v) is 4.85. The molecule has 0 aliphatic rings. The van der Waals surface area contributed by atoms with E-state index < -0.39 is 10.7 Å². The quantitative estimate of drug-likeness (QED) is 0.443. The number of aliphatic hydroxyl groups is 1. The average molecular weight is 440 g/mol. The van der Waals surface area contributed by atoms with Crippen molar-refractivity contribution in [1.29, 1.82) is 0 Å². The fraction of sp³-hybridized carbons (Fsp3) is 0.211. The van der Waals surface area contributed by atoms with Crippen molar-refractivity contribution in [2.24, 2.45) is 0 Å². The number of methoxy groups -OCH3 is 1. The third kappa shape index (κ3) is 6.63. The normalized spacial score (nSPS) is 12.4. The van der Waals surface area contributed by atoms with Crippen LogP contribution in [0.25, 0.3) is 0 Å². The molecule has 0 radical (unpaired) electrons. The maximum Gasteiger partial charge on any atom is 0.291 e. The molecule has 3 aromatic rings. The molecule has 0 amide bonds. The topological polar surface area (TPSA) is 111 Å². The summed E-state index contributed by atoms with van der Waals surface area (Å²) in [5.74, 6) is 0.739. The highest BCUT2D eigenvalue weighted by atomic mass is 35.5. The molecule has 29 heavy (non-hydrogen) atoms. The fourth-order valence-electron chi connectivity index (χ4n) is 2.82. The van der Waals surface area contributed by atoms with Crippen LogP contribution in [-0.2, 0) is 18.6 Å². The fourth-order valence-corrected chi connectivity index (χ4v) is 3.14. The van der Waals surface area contributed by atoms with Gasteiger partial charge in [-0.3, -0.25) is 0 Å². The number of halogens is 2. The molecular weight excluding hydrogens is 421 g/mol. The first-order valence-corrected chi connectivity index (χ1v) is 9.09. The number of ether oxygens (including phenoxy) is 1. The minimum atomic E-state index is -1.50. The minimum Gasteiger partial charge on any atom is -0.497 e. The van der Waals surface area contributed by atoms with Crippen LogP contribution in [0.15, 0.2) is 61.2 Å². The van der Waals surface area contributed by atoms with Crippen molar-refractivity contribution in [3.8, 4) is 5.75 Å². The van der Waals surface area contributed by atoms with Crippen molar-refractivity contribution in [3.63, 3.8) is 0 Å². The van der Waals surface area contributed by atoms with Crippen LogP contribution in [0.3, 0.4) is 0 Å². The second kappa shape index (κ2) is 10.1. The second-order valence-corrected chi connectivity index (χ2v) is 6.97. The first kappa shape index (κ1) is 22.5. The largest absolute Gasteiger partial charge is 0.497 e. The zero-order chi connectivity index (χ0) is 21.4. The van der Waals surface area contributed by atoms with E-state index in [1.165, 1.54) is 0 Å². The number of hydrogen-bond donors (Lipinski definition) is 2. The van der Waals surface area contributed by atoms with Gasteiger partial charge >= 0.3 is 0 Å². The molecule has 0 aliphatic heterocycles. The number of hydrogen-bond acceptors (Lipinski definition) is 5. The van der Waals surface area contributed by atoms with E-state index in [1.807, 2.05) is 41.1 Å². The van der Waals surface area contributed by atoms with Gasteiger partial charge in [0.2, 0.25) is 0 Å². The van der Waals surface area contributed by atoms with E-state index in [0.29, 0.717) is 23.0 Å². The molecule has 1 aromatic heterocycles. The molecule has 0 aliphatic carbocycles. The summed E-state index contributed by atoms with van der Waals surface area (Å²) in [5.41, 5.74) is 0.547. The summed E-state index contributed by atoms with van der Waals surface area (Å²) in [7, 11) is 1.61. The predicted octanol–water partition coefficient (Wildman–Crippen LogP) is 3.98. The summed E-state index contributed by atoms with van der Waals surface area (Å²) >= 11 is 12.1. The highest BCUT2D eigenvalue weighted by Gasteiger charge is 2.30. The first-order valence-electron chi connectivity index (χ1n) is 8.33. The van der Waals surface area contributed by atoms with E-state index in [2.05, 4.69) is 4.98 Å².